The normalized spacial score (nSPS) is 12.1. The number of hydrogen-bond acceptors (Lipinski definition) is 2. The van der Waals surface area contributed by atoms with E-state index in [1.807, 2.05) is 0 Å². The number of benzene rings is 2. The molecule has 0 aliphatic heterocycles. The van der Waals surface area contributed by atoms with Crippen molar-refractivity contribution in [2.24, 2.45) is 0 Å². The van der Waals surface area contributed by atoms with Crippen molar-refractivity contribution >= 4 is 0 Å². The first kappa shape index (κ1) is 30.4. The molecule has 0 aliphatic carbocycles. The van der Waals surface area contributed by atoms with E-state index >= 15 is 0 Å². The van der Waals surface area contributed by atoms with Gasteiger partial charge in [-0.3, -0.25) is 0 Å². The van der Waals surface area contributed by atoms with Gasteiger partial charge in [-0.1, -0.05) is 140 Å². The summed E-state index contributed by atoms with van der Waals surface area (Å²) in [6.07, 6.45) is 21.7. The standard InChI is InChI=1S/C34H54O2/c1-4-6-8-9-10-11-12-13-14-15-16-17-19-28-35-30(3)31-20-22-32(23-21-31)33-24-26-34(27-25-33)36-29-18-7-5-2/h20-27,30H,4-19,28-29H2,1-3H3. The second-order valence-corrected chi connectivity index (χ2v) is 10.5. The van der Waals surface area contributed by atoms with Gasteiger partial charge in [0.1, 0.15) is 5.75 Å². The van der Waals surface area contributed by atoms with Gasteiger partial charge in [0.05, 0.1) is 12.7 Å². The Hall–Kier alpha value is -1.80. The summed E-state index contributed by atoms with van der Waals surface area (Å²) in [6, 6.07) is 17.3. The van der Waals surface area contributed by atoms with E-state index in [0.717, 1.165) is 25.4 Å². The van der Waals surface area contributed by atoms with E-state index in [9.17, 15) is 0 Å². The predicted molar refractivity (Wildman–Crippen MR) is 157 cm³/mol. The van der Waals surface area contributed by atoms with Crippen molar-refractivity contribution in [3.8, 4) is 16.9 Å². The van der Waals surface area contributed by atoms with Crippen molar-refractivity contribution in [3.05, 3.63) is 54.1 Å². The lowest BCUT2D eigenvalue weighted by Crippen LogP contribution is -2.01. The molecule has 0 bridgehead atoms. The Labute approximate surface area is 223 Å². The van der Waals surface area contributed by atoms with Crippen LogP contribution in [0.2, 0.25) is 0 Å². The second-order valence-electron chi connectivity index (χ2n) is 10.5. The summed E-state index contributed by atoms with van der Waals surface area (Å²) >= 11 is 0. The molecule has 2 aromatic carbocycles. The highest BCUT2D eigenvalue weighted by Gasteiger charge is 2.07. The Morgan fingerprint density at radius 1 is 0.500 bits per heavy atom. The minimum Gasteiger partial charge on any atom is -0.494 e. The van der Waals surface area contributed by atoms with Crippen LogP contribution in [-0.4, -0.2) is 13.2 Å². The minimum atomic E-state index is 0.148. The molecule has 2 rings (SSSR count). The third-order valence-electron chi connectivity index (χ3n) is 7.20. The monoisotopic (exact) mass is 494 g/mol. The van der Waals surface area contributed by atoms with Crippen LogP contribution in [0.3, 0.4) is 0 Å². The highest BCUT2D eigenvalue weighted by Crippen LogP contribution is 2.25. The lowest BCUT2D eigenvalue weighted by molar-refractivity contribution is 0.0627. The molecule has 2 heteroatoms. The highest BCUT2D eigenvalue weighted by atomic mass is 16.5. The van der Waals surface area contributed by atoms with E-state index in [2.05, 4.69) is 69.3 Å². The van der Waals surface area contributed by atoms with Crippen LogP contribution in [0.5, 0.6) is 5.75 Å². The molecule has 1 atom stereocenters. The molecule has 0 saturated heterocycles. The molecule has 1 unspecified atom stereocenters. The molecule has 0 radical (unpaired) electrons. The molecule has 36 heavy (non-hydrogen) atoms. The van der Waals surface area contributed by atoms with Crippen LogP contribution in [0.25, 0.3) is 11.1 Å². The van der Waals surface area contributed by atoms with Crippen molar-refractivity contribution in [3.63, 3.8) is 0 Å². The Morgan fingerprint density at radius 3 is 1.44 bits per heavy atom. The molecule has 2 aromatic rings. The number of rotatable bonds is 22. The van der Waals surface area contributed by atoms with Gasteiger partial charge in [0, 0.05) is 6.61 Å². The van der Waals surface area contributed by atoms with E-state index in [4.69, 9.17) is 9.47 Å². The van der Waals surface area contributed by atoms with Gasteiger partial charge < -0.3 is 9.47 Å². The largest absolute Gasteiger partial charge is 0.494 e. The molecule has 0 N–H and O–H groups in total. The maximum atomic E-state index is 6.13. The average Bonchev–Trinajstić information content (AvgIpc) is 2.91. The summed E-state index contributed by atoms with van der Waals surface area (Å²) in [7, 11) is 0. The molecular formula is C34H54O2. The molecule has 0 amide bonds. The van der Waals surface area contributed by atoms with E-state index < -0.39 is 0 Å². The quantitative estimate of drug-likeness (QED) is 0.151. The maximum Gasteiger partial charge on any atom is 0.119 e. The first-order valence-electron chi connectivity index (χ1n) is 15.2. The molecule has 2 nitrogen and oxygen atoms in total. The van der Waals surface area contributed by atoms with Crippen LogP contribution in [0, 0.1) is 0 Å². The molecule has 0 heterocycles. The summed E-state index contributed by atoms with van der Waals surface area (Å²) in [5.74, 6) is 0.960. The Morgan fingerprint density at radius 2 is 0.917 bits per heavy atom. The number of ether oxygens (including phenoxy) is 2. The Bertz CT molecular complexity index is 750. The molecule has 0 aromatic heterocycles. The van der Waals surface area contributed by atoms with Crippen LogP contribution in [0.15, 0.2) is 48.5 Å². The van der Waals surface area contributed by atoms with Crippen molar-refractivity contribution in [1.29, 1.82) is 0 Å². The molecule has 202 valence electrons. The summed E-state index contributed by atoms with van der Waals surface area (Å²) in [5.41, 5.74) is 3.72. The van der Waals surface area contributed by atoms with Gasteiger partial charge in [0.15, 0.2) is 0 Å². The van der Waals surface area contributed by atoms with Gasteiger partial charge in [0.25, 0.3) is 0 Å². The van der Waals surface area contributed by atoms with Crippen molar-refractivity contribution in [2.75, 3.05) is 13.2 Å². The van der Waals surface area contributed by atoms with E-state index in [1.54, 1.807) is 0 Å². The second kappa shape index (κ2) is 20.3. The van der Waals surface area contributed by atoms with Gasteiger partial charge >= 0.3 is 0 Å². The molecule has 0 aliphatic rings. The van der Waals surface area contributed by atoms with Gasteiger partial charge in [-0.25, -0.2) is 0 Å². The zero-order valence-corrected chi connectivity index (χ0v) is 23.7. The Kier molecular flexibility index (Phi) is 17.1. The van der Waals surface area contributed by atoms with Gasteiger partial charge in [-0.15, -0.1) is 0 Å². The lowest BCUT2D eigenvalue weighted by Gasteiger charge is -2.14. The smallest absolute Gasteiger partial charge is 0.119 e. The molecule has 0 saturated carbocycles. The van der Waals surface area contributed by atoms with E-state index in [1.165, 1.54) is 113 Å². The fourth-order valence-electron chi connectivity index (χ4n) is 4.71. The third-order valence-corrected chi connectivity index (χ3v) is 7.20. The fraction of sp³-hybridized carbons (Fsp3) is 0.647. The van der Waals surface area contributed by atoms with Crippen LogP contribution >= 0.6 is 0 Å². The van der Waals surface area contributed by atoms with Crippen molar-refractivity contribution < 1.29 is 9.47 Å². The lowest BCUT2D eigenvalue weighted by atomic mass is 10.0. The fourth-order valence-corrected chi connectivity index (χ4v) is 4.71. The van der Waals surface area contributed by atoms with Gasteiger partial charge in [-0.2, -0.15) is 0 Å². The topological polar surface area (TPSA) is 18.5 Å². The molecule has 0 spiro atoms. The number of unbranched alkanes of at least 4 members (excludes halogenated alkanes) is 14. The van der Waals surface area contributed by atoms with Crippen molar-refractivity contribution in [1.82, 2.24) is 0 Å². The first-order chi connectivity index (χ1) is 17.7. The average molecular weight is 495 g/mol. The third kappa shape index (κ3) is 13.5. The maximum absolute atomic E-state index is 6.13. The zero-order valence-electron chi connectivity index (χ0n) is 23.7. The van der Waals surface area contributed by atoms with Crippen LogP contribution in [-0.2, 0) is 4.74 Å². The zero-order chi connectivity index (χ0) is 25.7. The van der Waals surface area contributed by atoms with Crippen LogP contribution < -0.4 is 4.74 Å². The molecular weight excluding hydrogens is 440 g/mol. The summed E-state index contributed by atoms with van der Waals surface area (Å²) in [4.78, 5) is 0. The summed E-state index contributed by atoms with van der Waals surface area (Å²) in [6.45, 7) is 8.34. The molecule has 0 fully saturated rings. The van der Waals surface area contributed by atoms with Crippen LogP contribution in [0.1, 0.15) is 135 Å². The summed E-state index contributed by atoms with van der Waals surface area (Å²) < 4.78 is 12.0. The number of hydrogen-bond donors (Lipinski definition) is 0. The minimum absolute atomic E-state index is 0.148. The van der Waals surface area contributed by atoms with E-state index in [-0.39, 0.29) is 6.10 Å². The van der Waals surface area contributed by atoms with Crippen molar-refractivity contribution in [2.45, 2.75) is 130 Å². The highest BCUT2D eigenvalue weighted by molar-refractivity contribution is 5.64. The van der Waals surface area contributed by atoms with Crippen LogP contribution in [0.4, 0.5) is 0 Å². The SMILES string of the molecule is CCCCCCCCCCCCCCCOC(C)c1ccc(-c2ccc(OCCCCC)cc2)cc1. The predicted octanol–water partition coefficient (Wildman–Crippen LogP) is 11.1. The summed E-state index contributed by atoms with van der Waals surface area (Å²) in [5, 5.41) is 0. The van der Waals surface area contributed by atoms with Gasteiger partial charge in [0.2, 0.25) is 0 Å². The van der Waals surface area contributed by atoms with Gasteiger partial charge in [-0.05, 0) is 48.6 Å². The Balaban J connectivity index is 1.53. The first-order valence-corrected chi connectivity index (χ1v) is 15.2. The van der Waals surface area contributed by atoms with E-state index in [0.29, 0.717) is 0 Å².